The van der Waals surface area contributed by atoms with Crippen molar-refractivity contribution in [1.82, 2.24) is 20.5 Å². The zero-order chi connectivity index (χ0) is 18.9. The molecule has 0 unspecified atom stereocenters. The molecule has 1 aliphatic rings. The predicted molar refractivity (Wildman–Crippen MR) is 107 cm³/mol. The second-order valence-corrected chi connectivity index (χ2v) is 6.64. The number of hydrogen-bond donors (Lipinski definition) is 2. The van der Waals surface area contributed by atoms with E-state index in [1.165, 1.54) is 5.56 Å². The Morgan fingerprint density at radius 1 is 1.15 bits per heavy atom. The normalized spacial score (nSPS) is 15.7. The molecule has 1 aromatic heterocycles. The molecule has 0 atom stereocenters. The van der Waals surface area contributed by atoms with Gasteiger partial charge in [-0.25, -0.2) is 4.98 Å². The van der Waals surface area contributed by atoms with Gasteiger partial charge < -0.3 is 19.8 Å². The van der Waals surface area contributed by atoms with E-state index in [1.54, 1.807) is 13.3 Å². The highest BCUT2D eigenvalue weighted by Gasteiger charge is 2.10. The minimum absolute atomic E-state index is 0.665. The summed E-state index contributed by atoms with van der Waals surface area (Å²) in [5, 5.41) is 6.68. The summed E-state index contributed by atoms with van der Waals surface area (Å²) in [7, 11) is 1.79. The first-order valence-corrected chi connectivity index (χ1v) is 9.50. The van der Waals surface area contributed by atoms with Gasteiger partial charge in [0.05, 0.1) is 18.9 Å². The van der Waals surface area contributed by atoms with Crippen LogP contribution in [-0.2, 0) is 11.2 Å². The summed E-state index contributed by atoms with van der Waals surface area (Å²) in [4.78, 5) is 11.2. The van der Waals surface area contributed by atoms with Gasteiger partial charge in [0.2, 0.25) is 5.89 Å². The Labute approximate surface area is 160 Å². The molecule has 0 spiro atoms. The number of aryl methyl sites for hydroxylation is 1. The van der Waals surface area contributed by atoms with Crippen LogP contribution in [0, 0.1) is 6.92 Å². The summed E-state index contributed by atoms with van der Waals surface area (Å²) in [6.07, 6.45) is 2.50. The molecule has 2 N–H and O–H groups in total. The molecule has 2 heterocycles. The highest BCUT2D eigenvalue weighted by molar-refractivity contribution is 5.79. The van der Waals surface area contributed by atoms with Crippen molar-refractivity contribution in [3.8, 4) is 11.5 Å². The van der Waals surface area contributed by atoms with Gasteiger partial charge >= 0.3 is 0 Å². The molecule has 7 nitrogen and oxygen atoms in total. The number of morpholine rings is 1. The van der Waals surface area contributed by atoms with Crippen LogP contribution in [-0.4, -0.2) is 68.8 Å². The fourth-order valence-corrected chi connectivity index (χ4v) is 2.94. The topological polar surface area (TPSA) is 74.9 Å². The molecule has 146 valence electrons. The Morgan fingerprint density at radius 3 is 2.63 bits per heavy atom. The van der Waals surface area contributed by atoms with Crippen LogP contribution in [0.2, 0.25) is 0 Å². The zero-order valence-corrected chi connectivity index (χ0v) is 16.2. The van der Waals surface area contributed by atoms with Crippen molar-refractivity contribution in [2.45, 2.75) is 13.3 Å². The van der Waals surface area contributed by atoms with Gasteiger partial charge in [-0.15, -0.1) is 0 Å². The Kier molecular flexibility index (Phi) is 7.24. The highest BCUT2D eigenvalue weighted by atomic mass is 16.5. The molecule has 0 saturated carbocycles. The minimum atomic E-state index is 0.665. The van der Waals surface area contributed by atoms with E-state index in [2.05, 4.69) is 44.6 Å². The van der Waals surface area contributed by atoms with Gasteiger partial charge in [-0.3, -0.25) is 9.89 Å². The van der Waals surface area contributed by atoms with Gasteiger partial charge in [0.15, 0.2) is 5.96 Å². The lowest BCUT2D eigenvalue weighted by atomic mass is 10.1. The van der Waals surface area contributed by atoms with E-state index < -0.39 is 0 Å². The van der Waals surface area contributed by atoms with Crippen molar-refractivity contribution in [3.05, 3.63) is 41.8 Å². The smallest absolute Gasteiger partial charge is 0.226 e. The van der Waals surface area contributed by atoms with Crippen molar-refractivity contribution in [1.29, 1.82) is 0 Å². The van der Waals surface area contributed by atoms with Gasteiger partial charge in [0.25, 0.3) is 0 Å². The van der Waals surface area contributed by atoms with E-state index in [9.17, 15) is 0 Å². The molecule has 2 aromatic rings. The standard InChI is InChI=1S/C20H29N5O2/c1-16-3-5-17(6-4-16)19-24-18(15-27-19)7-8-22-20(21-2)23-9-10-25-11-13-26-14-12-25/h3-6,15H,7-14H2,1-2H3,(H2,21,22,23). The van der Waals surface area contributed by atoms with Crippen molar-refractivity contribution < 1.29 is 9.15 Å². The Balaban J connectivity index is 1.38. The number of benzene rings is 1. The number of guanidine groups is 1. The van der Waals surface area contributed by atoms with E-state index in [0.29, 0.717) is 5.89 Å². The number of aliphatic imine (C=N–C) groups is 1. The van der Waals surface area contributed by atoms with Crippen molar-refractivity contribution in [2.24, 2.45) is 4.99 Å². The molecular weight excluding hydrogens is 342 g/mol. The quantitative estimate of drug-likeness (QED) is 0.570. The monoisotopic (exact) mass is 371 g/mol. The maximum absolute atomic E-state index is 5.61. The summed E-state index contributed by atoms with van der Waals surface area (Å²) < 4.78 is 11.0. The Morgan fingerprint density at radius 2 is 1.89 bits per heavy atom. The molecule has 0 bridgehead atoms. The highest BCUT2D eigenvalue weighted by Crippen LogP contribution is 2.19. The fourth-order valence-electron chi connectivity index (χ4n) is 2.94. The van der Waals surface area contributed by atoms with Gasteiger partial charge in [0.1, 0.15) is 6.26 Å². The van der Waals surface area contributed by atoms with Crippen molar-refractivity contribution in [3.63, 3.8) is 0 Å². The van der Waals surface area contributed by atoms with Crippen LogP contribution in [0.15, 0.2) is 39.9 Å². The first-order valence-electron chi connectivity index (χ1n) is 9.50. The fraction of sp³-hybridized carbons (Fsp3) is 0.500. The van der Waals surface area contributed by atoms with Crippen LogP contribution in [0.4, 0.5) is 0 Å². The zero-order valence-electron chi connectivity index (χ0n) is 16.2. The number of nitrogens with zero attached hydrogens (tertiary/aromatic N) is 3. The number of hydrogen-bond acceptors (Lipinski definition) is 5. The van der Waals surface area contributed by atoms with E-state index in [1.807, 2.05) is 12.1 Å². The number of oxazole rings is 1. The van der Waals surface area contributed by atoms with Crippen LogP contribution >= 0.6 is 0 Å². The second kappa shape index (κ2) is 10.1. The summed E-state index contributed by atoms with van der Waals surface area (Å²) in [5.74, 6) is 1.48. The molecule has 1 aromatic carbocycles. The first-order chi connectivity index (χ1) is 13.2. The molecule has 3 rings (SSSR count). The summed E-state index contributed by atoms with van der Waals surface area (Å²) in [6.45, 7) is 8.33. The molecule has 0 amide bonds. The van der Waals surface area contributed by atoms with E-state index in [0.717, 1.165) is 69.6 Å². The van der Waals surface area contributed by atoms with Crippen molar-refractivity contribution in [2.75, 3.05) is 53.0 Å². The molecule has 27 heavy (non-hydrogen) atoms. The van der Waals surface area contributed by atoms with E-state index >= 15 is 0 Å². The lowest BCUT2D eigenvalue weighted by Gasteiger charge is -2.26. The lowest BCUT2D eigenvalue weighted by Crippen LogP contribution is -2.44. The number of nitrogens with one attached hydrogen (secondary N) is 2. The van der Waals surface area contributed by atoms with Crippen LogP contribution in [0.3, 0.4) is 0 Å². The third-order valence-electron chi connectivity index (χ3n) is 4.57. The summed E-state index contributed by atoms with van der Waals surface area (Å²) in [5.41, 5.74) is 3.16. The first kappa shape index (κ1) is 19.4. The molecule has 0 radical (unpaired) electrons. The van der Waals surface area contributed by atoms with Crippen LogP contribution in [0.5, 0.6) is 0 Å². The predicted octanol–water partition coefficient (Wildman–Crippen LogP) is 1.69. The Bertz CT molecular complexity index is 720. The van der Waals surface area contributed by atoms with Gasteiger partial charge in [-0.05, 0) is 19.1 Å². The SMILES string of the molecule is CN=C(NCCc1coc(-c2ccc(C)cc2)n1)NCCN1CCOCC1. The summed E-state index contributed by atoms with van der Waals surface area (Å²) in [6, 6.07) is 8.19. The van der Waals surface area contributed by atoms with Gasteiger partial charge in [-0.2, -0.15) is 0 Å². The Hall–Kier alpha value is -2.38. The lowest BCUT2D eigenvalue weighted by molar-refractivity contribution is 0.0389. The van der Waals surface area contributed by atoms with E-state index in [4.69, 9.17) is 9.15 Å². The van der Waals surface area contributed by atoms with Crippen LogP contribution in [0.1, 0.15) is 11.3 Å². The maximum atomic E-state index is 5.61. The number of ether oxygens (including phenoxy) is 1. The second-order valence-electron chi connectivity index (χ2n) is 6.64. The molecular formula is C20H29N5O2. The van der Waals surface area contributed by atoms with Gasteiger partial charge in [-0.1, -0.05) is 17.7 Å². The third-order valence-corrected chi connectivity index (χ3v) is 4.57. The largest absolute Gasteiger partial charge is 0.444 e. The summed E-state index contributed by atoms with van der Waals surface area (Å²) >= 11 is 0. The molecule has 1 aliphatic heterocycles. The number of aromatic nitrogens is 1. The molecule has 0 aliphatic carbocycles. The average molecular weight is 371 g/mol. The van der Waals surface area contributed by atoms with Crippen LogP contribution in [0.25, 0.3) is 11.5 Å². The maximum Gasteiger partial charge on any atom is 0.226 e. The van der Waals surface area contributed by atoms with Crippen LogP contribution < -0.4 is 10.6 Å². The molecule has 1 fully saturated rings. The average Bonchev–Trinajstić information content (AvgIpc) is 3.17. The van der Waals surface area contributed by atoms with E-state index in [-0.39, 0.29) is 0 Å². The van der Waals surface area contributed by atoms with Gasteiger partial charge in [0, 0.05) is 51.8 Å². The van der Waals surface area contributed by atoms with Crippen molar-refractivity contribution >= 4 is 5.96 Å². The number of rotatable bonds is 7. The molecule has 7 heteroatoms. The molecule has 1 saturated heterocycles. The minimum Gasteiger partial charge on any atom is -0.444 e. The third kappa shape index (κ3) is 6.08.